The third-order valence-corrected chi connectivity index (χ3v) is 4.67. The first-order valence-electron chi connectivity index (χ1n) is 8.41. The van der Waals surface area contributed by atoms with Crippen LogP contribution in [0, 0.1) is 0 Å². The maximum Gasteiger partial charge on any atom is 0.272 e. The fraction of sp³-hybridized carbons (Fsp3) is 0.263. The lowest BCUT2D eigenvalue weighted by Gasteiger charge is -2.26. The zero-order valence-corrected chi connectivity index (χ0v) is 14.4. The average molecular weight is 356 g/mol. The van der Waals surface area contributed by atoms with Gasteiger partial charge in [-0.05, 0) is 49.6 Å². The van der Waals surface area contributed by atoms with E-state index in [1.54, 1.807) is 24.5 Å². The molecular weight excluding hydrogens is 338 g/mol. The van der Waals surface area contributed by atoms with Gasteiger partial charge >= 0.3 is 0 Å². The van der Waals surface area contributed by atoms with Crippen LogP contribution in [0.25, 0.3) is 11.0 Å². The van der Waals surface area contributed by atoms with E-state index in [4.69, 9.17) is 16.0 Å². The number of benzene rings is 1. The zero-order valence-electron chi connectivity index (χ0n) is 13.7. The number of amides is 1. The lowest BCUT2D eigenvalue weighted by molar-refractivity contribution is 0.0718. The first-order chi connectivity index (χ1) is 12.2. The van der Waals surface area contributed by atoms with Gasteiger partial charge in [-0.25, -0.2) is 4.98 Å². The van der Waals surface area contributed by atoms with E-state index < -0.39 is 0 Å². The molecule has 0 saturated carbocycles. The Morgan fingerprint density at radius 3 is 2.64 bits per heavy atom. The van der Waals surface area contributed by atoms with Crippen molar-refractivity contribution in [2.45, 2.75) is 19.3 Å². The fourth-order valence-corrected chi connectivity index (χ4v) is 3.23. The van der Waals surface area contributed by atoms with Gasteiger partial charge in [0.05, 0.1) is 11.6 Å². The molecule has 0 atom stereocenters. The summed E-state index contributed by atoms with van der Waals surface area (Å²) in [4.78, 5) is 19.2. The minimum absolute atomic E-state index is 0.0443. The Bertz CT molecular complexity index is 899. The second-order valence-corrected chi connectivity index (χ2v) is 6.61. The third-order valence-electron chi connectivity index (χ3n) is 4.42. The number of aromatic nitrogens is 1. The van der Waals surface area contributed by atoms with Crippen LogP contribution >= 0.6 is 11.6 Å². The molecule has 128 valence electrons. The highest BCUT2D eigenvalue weighted by Crippen LogP contribution is 2.28. The quantitative estimate of drug-likeness (QED) is 0.729. The van der Waals surface area contributed by atoms with Gasteiger partial charge in [-0.15, -0.1) is 0 Å². The monoisotopic (exact) mass is 355 g/mol. The highest BCUT2D eigenvalue weighted by atomic mass is 35.5. The van der Waals surface area contributed by atoms with Crippen molar-refractivity contribution in [3.05, 3.63) is 53.4 Å². The number of anilines is 2. The minimum atomic E-state index is -0.0443. The molecule has 2 aromatic heterocycles. The SMILES string of the molecule is O=C(c1cc2occc2c(Nc2ccc(Cl)cc2)n1)N1CCCCC1. The summed E-state index contributed by atoms with van der Waals surface area (Å²) in [6, 6.07) is 10.9. The van der Waals surface area contributed by atoms with Crippen LogP contribution in [-0.4, -0.2) is 28.9 Å². The van der Waals surface area contributed by atoms with Gasteiger partial charge in [0.25, 0.3) is 5.91 Å². The number of fused-ring (bicyclic) bond motifs is 1. The number of carbonyl (C=O) groups is 1. The molecule has 0 bridgehead atoms. The van der Waals surface area contributed by atoms with Crippen molar-refractivity contribution in [1.82, 2.24) is 9.88 Å². The summed E-state index contributed by atoms with van der Waals surface area (Å²) in [5.41, 5.74) is 1.90. The molecule has 6 heteroatoms. The number of furan rings is 1. The van der Waals surface area contributed by atoms with Crippen LogP contribution < -0.4 is 5.32 Å². The summed E-state index contributed by atoms with van der Waals surface area (Å²) in [5, 5.41) is 4.76. The lowest BCUT2D eigenvalue weighted by Crippen LogP contribution is -2.36. The summed E-state index contributed by atoms with van der Waals surface area (Å²) in [7, 11) is 0. The first-order valence-corrected chi connectivity index (χ1v) is 8.78. The topological polar surface area (TPSA) is 58.4 Å². The first kappa shape index (κ1) is 16.0. The van der Waals surface area contributed by atoms with Crippen molar-refractivity contribution in [2.75, 3.05) is 18.4 Å². The van der Waals surface area contributed by atoms with Gasteiger partial charge in [-0.1, -0.05) is 11.6 Å². The van der Waals surface area contributed by atoms with Crippen LogP contribution in [-0.2, 0) is 0 Å². The molecule has 0 radical (unpaired) electrons. The van der Waals surface area contributed by atoms with E-state index in [-0.39, 0.29) is 5.91 Å². The lowest BCUT2D eigenvalue weighted by atomic mass is 10.1. The standard InChI is InChI=1S/C19H18ClN3O2/c20-13-4-6-14(7-5-13)21-18-15-8-11-25-17(15)12-16(22-18)19(24)23-9-2-1-3-10-23/h4-8,11-12H,1-3,9-10H2,(H,21,22). The number of pyridine rings is 1. The molecule has 1 N–H and O–H groups in total. The Kier molecular flexibility index (Phi) is 4.32. The highest BCUT2D eigenvalue weighted by molar-refractivity contribution is 6.30. The van der Waals surface area contributed by atoms with Crippen LogP contribution in [0.5, 0.6) is 0 Å². The summed E-state index contributed by atoms with van der Waals surface area (Å²) in [6.07, 6.45) is 4.88. The van der Waals surface area contributed by atoms with Gasteiger partial charge in [0.2, 0.25) is 0 Å². The second kappa shape index (κ2) is 6.76. The number of halogens is 1. The van der Waals surface area contributed by atoms with E-state index in [2.05, 4.69) is 10.3 Å². The Morgan fingerprint density at radius 2 is 1.88 bits per heavy atom. The number of carbonyl (C=O) groups excluding carboxylic acids is 1. The van der Waals surface area contributed by atoms with Gasteiger partial charge in [0, 0.05) is 29.9 Å². The van der Waals surface area contributed by atoms with E-state index in [1.807, 2.05) is 23.1 Å². The number of nitrogens with one attached hydrogen (secondary N) is 1. The molecule has 1 aliphatic heterocycles. The number of rotatable bonds is 3. The van der Waals surface area contributed by atoms with Crippen molar-refractivity contribution >= 4 is 40.0 Å². The molecule has 0 unspecified atom stereocenters. The highest BCUT2D eigenvalue weighted by Gasteiger charge is 2.21. The smallest absolute Gasteiger partial charge is 0.272 e. The summed E-state index contributed by atoms with van der Waals surface area (Å²) >= 11 is 5.94. The minimum Gasteiger partial charge on any atom is -0.464 e. The van der Waals surface area contributed by atoms with E-state index in [1.165, 1.54) is 6.42 Å². The molecule has 3 heterocycles. The van der Waals surface area contributed by atoms with Crippen LogP contribution in [0.2, 0.25) is 5.02 Å². The third kappa shape index (κ3) is 3.33. The summed E-state index contributed by atoms with van der Waals surface area (Å²) in [5.74, 6) is 0.561. The average Bonchev–Trinajstić information content (AvgIpc) is 3.12. The van der Waals surface area contributed by atoms with Gasteiger partial charge < -0.3 is 14.6 Å². The van der Waals surface area contributed by atoms with E-state index in [0.717, 1.165) is 37.0 Å². The maximum absolute atomic E-state index is 12.8. The predicted molar refractivity (Wildman–Crippen MR) is 98.5 cm³/mol. The number of hydrogen-bond acceptors (Lipinski definition) is 4. The molecule has 1 saturated heterocycles. The number of hydrogen-bond donors (Lipinski definition) is 1. The molecule has 1 aromatic carbocycles. The molecule has 5 nitrogen and oxygen atoms in total. The largest absolute Gasteiger partial charge is 0.464 e. The van der Waals surface area contributed by atoms with Gasteiger partial charge in [-0.3, -0.25) is 4.79 Å². The number of likely N-dealkylation sites (tertiary alicyclic amines) is 1. The van der Waals surface area contributed by atoms with Crippen LogP contribution in [0.3, 0.4) is 0 Å². The second-order valence-electron chi connectivity index (χ2n) is 6.17. The Morgan fingerprint density at radius 1 is 1.12 bits per heavy atom. The molecular formula is C19H18ClN3O2. The van der Waals surface area contributed by atoms with Crippen molar-refractivity contribution in [3.8, 4) is 0 Å². The number of piperidine rings is 1. The molecule has 4 rings (SSSR count). The number of nitrogens with zero attached hydrogens (tertiary/aromatic N) is 2. The molecule has 1 fully saturated rings. The van der Waals surface area contributed by atoms with Gasteiger partial charge in [0.15, 0.2) is 0 Å². The molecule has 25 heavy (non-hydrogen) atoms. The van der Waals surface area contributed by atoms with E-state index >= 15 is 0 Å². The van der Waals surface area contributed by atoms with E-state index in [0.29, 0.717) is 22.1 Å². The van der Waals surface area contributed by atoms with Crippen LogP contribution in [0.4, 0.5) is 11.5 Å². The summed E-state index contributed by atoms with van der Waals surface area (Å²) < 4.78 is 5.52. The normalized spacial score (nSPS) is 14.7. The Labute approximate surface area is 150 Å². The van der Waals surface area contributed by atoms with Crippen molar-refractivity contribution in [1.29, 1.82) is 0 Å². The maximum atomic E-state index is 12.8. The zero-order chi connectivity index (χ0) is 17.2. The van der Waals surface area contributed by atoms with Crippen LogP contribution in [0.1, 0.15) is 29.8 Å². The van der Waals surface area contributed by atoms with Crippen molar-refractivity contribution < 1.29 is 9.21 Å². The summed E-state index contributed by atoms with van der Waals surface area (Å²) in [6.45, 7) is 1.58. The van der Waals surface area contributed by atoms with Gasteiger partial charge in [0.1, 0.15) is 17.1 Å². The molecule has 3 aromatic rings. The van der Waals surface area contributed by atoms with Gasteiger partial charge in [-0.2, -0.15) is 0 Å². The molecule has 1 aliphatic rings. The molecule has 1 amide bonds. The van der Waals surface area contributed by atoms with Crippen molar-refractivity contribution in [3.63, 3.8) is 0 Å². The Balaban J connectivity index is 1.69. The molecule has 0 aliphatic carbocycles. The van der Waals surface area contributed by atoms with Crippen LogP contribution in [0.15, 0.2) is 47.1 Å². The Hall–Kier alpha value is -2.53. The van der Waals surface area contributed by atoms with Crippen molar-refractivity contribution in [2.24, 2.45) is 0 Å². The fourth-order valence-electron chi connectivity index (χ4n) is 3.10. The van der Waals surface area contributed by atoms with E-state index in [9.17, 15) is 4.79 Å². The molecule has 0 spiro atoms. The predicted octanol–water partition coefficient (Wildman–Crippen LogP) is 4.85.